The van der Waals surface area contributed by atoms with Gasteiger partial charge < -0.3 is 0 Å². The number of nitrogens with zero attached hydrogens (tertiary/aromatic N) is 1. The van der Waals surface area contributed by atoms with Crippen LogP contribution >= 0.6 is 27.5 Å². The molecule has 2 rings (SSSR count). The molecule has 20 heavy (non-hydrogen) atoms. The van der Waals surface area contributed by atoms with Crippen LogP contribution in [-0.4, -0.2) is 18.6 Å². The Morgan fingerprint density at radius 2 is 2.05 bits per heavy atom. The molecule has 0 amide bonds. The van der Waals surface area contributed by atoms with Gasteiger partial charge in [0.2, 0.25) is 0 Å². The number of H-pyrrole nitrogens is 1. The molecule has 8 heteroatoms. The predicted octanol–water partition coefficient (Wildman–Crippen LogP) is 3.75. The zero-order chi connectivity index (χ0) is 14.9. The number of anilines is 1. The van der Waals surface area contributed by atoms with Gasteiger partial charge in [0.25, 0.3) is 10.0 Å². The van der Waals surface area contributed by atoms with Gasteiger partial charge in [0, 0.05) is 16.2 Å². The standard InChI is InChI=1S/C12H13BrClN3O2S/c1-7(2)11-6-12(16-15-11)17-20(18,19)8-3-4-10(14)9(13)5-8/h3-7H,1-2H3,(H2,15,16,17). The molecule has 0 unspecified atom stereocenters. The van der Waals surface area contributed by atoms with Crippen LogP contribution in [0.25, 0.3) is 0 Å². The molecule has 0 atom stereocenters. The van der Waals surface area contributed by atoms with Crippen molar-refractivity contribution in [1.82, 2.24) is 10.2 Å². The lowest BCUT2D eigenvalue weighted by atomic mass is 10.1. The van der Waals surface area contributed by atoms with Crippen LogP contribution in [0.5, 0.6) is 0 Å². The lowest BCUT2D eigenvalue weighted by Gasteiger charge is -2.06. The van der Waals surface area contributed by atoms with E-state index in [9.17, 15) is 8.42 Å². The highest BCUT2D eigenvalue weighted by molar-refractivity contribution is 9.10. The van der Waals surface area contributed by atoms with Crippen molar-refractivity contribution in [1.29, 1.82) is 0 Å². The summed E-state index contributed by atoms with van der Waals surface area (Å²) in [5, 5.41) is 7.18. The number of halogens is 2. The lowest BCUT2D eigenvalue weighted by molar-refractivity contribution is 0.601. The molecule has 1 aromatic carbocycles. The van der Waals surface area contributed by atoms with Gasteiger partial charge in [-0.15, -0.1) is 0 Å². The van der Waals surface area contributed by atoms with Gasteiger partial charge >= 0.3 is 0 Å². The summed E-state index contributed by atoms with van der Waals surface area (Å²) in [6.45, 7) is 3.98. The summed E-state index contributed by atoms with van der Waals surface area (Å²) >= 11 is 9.05. The van der Waals surface area contributed by atoms with Crippen LogP contribution in [0.3, 0.4) is 0 Å². The molecule has 0 spiro atoms. The molecule has 0 bridgehead atoms. The number of aromatic amines is 1. The number of rotatable bonds is 4. The number of hydrogen-bond donors (Lipinski definition) is 2. The highest BCUT2D eigenvalue weighted by Gasteiger charge is 2.17. The first kappa shape index (κ1) is 15.3. The number of sulfonamides is 1. The van der Waals surface area contributed by atoms with Crippen molar-refractivity contribution >= 4 is 43.4 Å². The van der Waals surface area contributed by atoms with E-state index in [1.54, 1.807) is 6.07 Å². The molecule has 0 saturated heterocycles. The number of hydrogen-bond acceptors (Lipinski definition) is 3. The predicted molar refractivity (Wildman–Crippen MR) is 82.6 cm³/mol. The van der Waals surface area contributed by atoms with Crippen molar-refractivity contribution in [2.75, 3.05) is 4.72 Å². The second-order valence-electron chi connectivity index (χ2n) is 4.54. The second-order valence-corrected chi connectivity index (χ2v) is 7.49. The van der Waals surface area contributed by atoms with Gasteiger partial charge in [-0.1, -0.05) is 25.4 Å². The maximum Gasteiger partial charge on any atom is 0.263 e. The van der Waals surface area contributed by atoms with Crippen LogP contribution in [-0.2, 0) is 10.0 Å². The molecule has 0 aliphatic rings. The van der Waals surface area contributed by atoms with E-state index in [-0.39, 0.29) is 16.6 Å². The molecule has 0 saturated carbocycles. The summed E-state index contributed by atoms with van der Waals surface area (Å²) in [5.41, 5.74) is 0.861. The van der Waals surface area contributed by atoms with Crippen molar-refractivity contribution in [3.05, 3.63) is 39.5 Å². The Kier molecular flexibility index (Phi) is 4.41. The molecule has 5 nitrogen and oxygen atoms in total. The first-order chi connectivity index (χ1) is 9.29. The Bertz CT molecular complexity index is 728. The van der Waals surface area contributed by atoms with E-state index in [4.69, 9.17) is 11.6 Å². The zero-order valence-corrected chi connectivity index (χ0v) is 14.0. The fourth-order valence-corrected chi connectivity index (χ4v) is 3.19. The van der Waals surface area contributed by atoms with Crippen molar-refractivity contribution in [3.63, 3.8) is 0 Å². The van der Waals surface area contributed by atoms with Gasteiger partial charge in [-0.3, -0.25) is 9.82 Å². The quantitative estimate of drug-likeness (QED) is 0.851. The average Bonchev–Trinajstić information content (AvgIpc) is 2.80. The lowest BCUT2D eigenvalue weighted by Crippen LogP contribution is -2.13. The topological polar surface area (TPSA) is 74.8 Å². The van der Waals surface area contributed by atoms with Crippen LogP contribution in [0.15, 0.2) is 33.6 Å². The molecule has 2 N–H and O–H groups in total. The summed E-state index contributed by atoms with van der Waals surface area (Å²) in [6.07, 6.45) is 0. The fraction of sp³-hybridized carbons (Fsp3) is 0.250. The maximum absolute atomic E-state index is 12.2. The van der Waals surface area contributed by atoms with Gasteiger partial charge in [-0.2, -0.15) is 5.10 Å². The van der Waals surface area contributed by atoms with Crippen LogP contribution in [0.1, 0.15) is 25.5 Å². The zero-order valence-electron chi connectivity index (χ0n) is 10.8. The number of aromatic nitrogens is 2. The largest absolute Gasteiger partial charge is 0.280 e. The van der Waals surface area contributed by atoms with Gasteiger partial charge in [-0.25, -0.2) is 8.42 Å². The third kappa shape index (κ3) is 3.34. The monoisotopic (exact) mass is 377 g/mol. The summed E-state index contributed by atoms with van der Waals surface area (Å²) in [5.74, 6) is 0.505. The summed E-state index contributed by atoms with van der Waals surface area (Å²) in [4.78, 5) is 0.114. The summed E-state index contributed by atoms with van der Waals surface area (Å²) in [7, 11) is -3.69. The third-order valence-electron chi connectivity index (χ3n) is 2.66. The number of nitrogens with one attached hydrogen (secondary N) is 2. The van der Waals surface area contributed by atoms with E-state index >= 15 is 0 Å². The van der Waals surface area contributed by atoms with Gasteiger partial charge in [-0.05, 0) is 40.0 Å². The van der Waals surface area contributed by atoms with E-state index in [1.165, 1.54) is 18.2 Å². The van der Waals surface area contributed by atoms with E-state index in [2.05, 4.69) is 30.8 Å². The first-order valence-corrected chi connectivity index (χ1v) is 8.48. The molecule has 1 heterocycles. The normalized spacial score (nSPS) is 11.8. The van der Waals surface area contributed by atoms with Crippen LogP contribution in [0.4, 0.5) is 5.82 Å². The smallest absolute Gasteiger partial charge is 0.263 e. The minimum atomic E-state index is -3.69. The van der Waals surface area contributed by atoms with E-state index in [0.717, 1.165) is 5.69 Å². The highest BCUT2D eigenvalue weighted by atomic mass is 79.9. The van der Waals surface area contributed by atoms with Crippen molar-refractivity contribution in [2.24, 2.45) is 0 Å². The third-order valence-corrected chi connectivity index (χ3v) is 5.23. The fourth-order valence-electron chi connectivity index (χ4n) is 1.53. The Labute approximate surface area is 130 Å². The average molecular weight is 379 g/mol. The maximum atomic E-state index is 12.2. The molecule has 1 aromatic heterocycles. The molecular formula is C12H13BrClN3O2S. The molecule has 0 aliphatic carbocycles. The number of benzene rings is 1. The van der Waals surface area contributed by atoms with E-state index < -0.39 is 10.0 Å². The molecule has 108 valence electrons. The Morgan fingerprint density at radius 3 is 2.60 bits per heavy atom. The first-order valence-electron chi connectivity index (χ1n) is 5.83. The van der Waals surface area contributed by atoms with E-state index in [1.807, 2.05) is 13.8 Å². The van der Waals surface area contributed by atoms with Gasteiger partial charge in [0.15, 0.2) is 5.82 Å². The van der Waals surface area contributed by atoms with E-state index in [0.29, 0.717) is 9.50 Å². The van der Waals surface area contributed by atoms with Gasteiger partial charge in [0.1, 0.15) is 0 Å². The Morgan fingerprint density at radius 1 is 1.35 bits per heavy atom. The summed E-state index contributed by atoms with van der Waals surface area (Å²) < 4.78 is 27.4. The second kappa shape index (κ2) is 5.75. The Hall–Kier alpha value is -1.05. The van der Waals surface area contributed by atoms with Crippen molar-refractivity contribution in [3.8, 4) is 0 Å². The highest BCUT2D eigenvalue weighted by Crippen LogP contribution is 2.26. The SMILES string of the molecule is CC(C)c1cc(NS(=O)(=O)c2ccc(Cl)c(Br)c2)n[nH]1. The molecule has 0 radical (unpaired) electrons. The minimum absolute atomic E-state index is 0.114. The molecule has 0 fully saturated rings. The Balaban J connectivity index is 2.28. The van der Waals surface area contributed by atoms with Crippen LogP contribution < -0.4 is 4.72 Å². The summed E-state index contributed by atoms with van der Waals surface area (Å²) in [6, 6.07) is 6.07. The molecule has 0 aliphatic heterocycles. The van der Waals surface area contributed by atoms with Crippen molar-refractivity contribution in [2.45, 2.75) is 24.7 Å². The minimum Gasteiger partial charge on any atom is -0.280 e. The molecule has 2 aromatic rings. The molecular weight excluding hydrogens is 366 g/mol. The van der Waals surface area contributed by atoms with Gasteiger partial charge in [0.05, 0.1) is 9.92 Å². The van der Waals surface area contributed by atoms with Crippen LogP contribution in [0.2, 0.25) is 5.02 Å². The van der Waals surface area contributed by atoms with Crippen LogP contribution in [0, 0.1) is 0 Å². The van der Waals surface area contributed by atoms with Crippen molar-refractivity contribution < 1.29 is 8.42 Å².